The van der Waals surface area contributed by atoms with E-state index < -0.39 is 10.0 Å². The molecular weight excluding hydrogens is 150 g/mol. The summed E-state index contributed by atoms with van der Waals surface area (Å²) in [7, 11) is -1.51. The second kappa shape index (κ2) is 2.20. The van der Waals surface area contributed by atoms with Crippen molar-refractivity contribution < 1.29 is 8.42 Å². The van der Waals surface area contributed by atoms with Gasteiger partial charge in [0.2, 0.25) is 10.0 Å². The minimum absolute atomic E-state index is 0.0852. The predicted octanol–water partition coefficient (Wildman–Crippen LogP) is 0.336. The van der Waals surface area contributed by atoms with E-state index in [1.807, 2.05) is 6.92 Å². The lowest BCUT2D eigenvalue weighted by atomic mass is 10.2. The van der Waals surface area contributed by atoms with Gasteiger partial charge in [0.05, 0.1) is 5.75 Å². The number of sulfonamides is 1. The standard InChI is InChI=1S/C6H13NO2S/c1-6(3-4-6)5-10(8,9)7-2/h7H,3-5H2,1-2H3. The van der Waals surface area contributed by atoms with Crippen LogP contribution in [0.5, 0.6) is 0 Å². The van der Waals surface area contributed by atoms with E-state index in [1.54, 1.807) is 0 Å². The van der Waals surface area contributed by atoms with Crippen LogP contribution >= 0.6 is 0 Å². The van der Waals surface area contributed by atoms with Gasteiger partial charge in [-0.25, -0.2) is 13.1 Å². The first-order valence-corrected chi connectivity index (χ1v) is 5.04. The molecule has 4 heteroatoms. The average molecular weight is 163 g/mol. The Morgan fingerprint density at radius 3 is 2.30 bits per heavy atom. The minimum atomic E-state index is -2.96. The Kier molecular flexibility index (Phi) is 1.76. The normalized spacial score (nSPS) is 22.6. The smallest absolute Gasteiger partial charge is 0.211 e. The van der Waals surface area contributed by atoms with E-state index in [0.29, 0.717) is 0 Å². The highest BCUT2D eigenvalue weighted by Gasteiger charge is 2.40. The van der Waals surface area contributed by atoms with Crippen molar-refractivity contribution in [3.05, 3.63) is 0 Å². The molecule has 1 fully saturated rings. The first-order valence-electron chi connectivity index (χ1n) is 3.39. The Labute approximate surface area is 61.9 Å². The largest absolute Gasteiger partial charge is 0.218 e. The summed E-state index contributed by atoms with van der Waals surface area (Å²) in [4.78, 5) is 0. The molecule has 0 heterocycles. The third kappa shape index (κ3) is 1.95. The van der Waals surface area contributed by atoms with Gasteiger partial charge < -0.3 is 0 Å². The number of hydrogen-bond acceptors (Lipinski definition) is 2. The monoisotopic (exact) mass is 163 g/mol. The molecule has 1 aliphatic rings. The molecule has 0 unspecified atom stereocenters. The molecule has 3 nitrogen and oxygen atoms in total. The van der Waals surface area contributed by atoms with Crippen LogP contribution < -0.4 is 4.72 Å². The molecule has 1 N–H and O–H groups in total. The average Bonchev–Trinajstić information content (AvgIpc) is 2.47. The fourth-order valence-electron chi connectivity index (χ4n) is 0.889. The van der Waals surface area contributed by atoms with Gasteiger partial charge in [0.15, 0.2) is 0 Å². The number of rotatable bonds is 3. The zero-order chi connectivity index (χ0) is 7.83. The molecule has 10 heavy (non-hydrogen) atoms. The topological polar surface area (TPSA) is 46.2 Å². The van der Waals surface area contributed by atoms with Crippen LogP contribution in [0.1, 0.15) is 19.8 Å². The van der Waals surface area contributed by atoms with Crippen LogP contribution in [0, 0.1) is 5.41 Å². The van der Waals surface area contributed by atoms with Gasteiger partial charge in [-0.05, 0) is 25.3 Å². The zero-order valence-corrected chi connectivity index (χ0v) is 7.16. The highest BCUT2D eigenvalue weighted by atomic mass is 32.2. The molecule has 1 saturated carbocycles. The maximum atomic E-state index is 10.9. The second-order valence-electron chi connectivity index (χ2n) is 3.27. The molecule has 0 aromatic rings. The van der Waals surface area contributed by atoms with E-state index in [0.717, 1.165) is 12.8 Å². The van der Waals surface area contributed by atoms with Crippen molar-refractivity contribution in [2.75, 3.05) is 12.8 Å². The van der Waals surface area contributed by atoms with E-state index >= 15 is 0 Å². The fraction of sp³-hybridized carbons (Fsp3) is 1.00. The third-order valence-electron chi connectivity index (χ3n) is 1.95. The molecule has 0 saturated heterocycles. The van der Waals surface area contributed by atoms with Gasteiger partial charge in [-0.2, -0.15) is 0 Å². The van der Waals surface area contributed by atoms with Gasteiger partial charge >= 0.3 is 0 Å². The first kappa shape index (κ1) is 8.01. The maximum Gasteiger partial charge on any atom is 0.211 e. The summed E-state index contributed by atoms with van der Waals surface area (Å²) in [5.41, 5.74) is 0.0852. The Balaban J connectivity index is 2.53. The van der Waals surface area contributed by atoms with Crippen LogP contribution in [0.2, 0.25) is 0 Å². The summed E-state index contributed by atoms with van der Waals surface area (Å²) in [5.74, 6) is 0.288. The van der Waals surface area contributed by atoms with Crippen molar-refractivity contribution in [1.29, 1.82) is 0 Å². The van der Waals surface area contributed by atoms with E-state index in [-0.39, 0.29) is 11.2 Å². The summed E-state index contributed by atoms with van der Waals surface area (Å²) in [6.07, 6.45) is 2.10. The van der Waals surface area contributed by atoms with Crippen molar-refractivity contribution in [2.45, 2.75) is 19.8 Å². The lowest BCUT2D eigenvalue weighted by Crippen LogP contribution is -2.26. The molecular formula is C6H13NO2S. The van der Waals surface area contributed by atoms with E-state index in [4.69, 9.17) is 0 Å². The minimum Gasteiger partial charge on any atom is -0.218 e. The molecule has 1 rings (SSSR count). The Morgan fingerprint density at radius 1 is 1.50 bits per heavy atom. The van der Waals surface area contributed by atoms with Crippen LogP contribution in [0.15, 0.2) is 0 Å². The van der Waals surface area contributed by atoms with Crippen molar-refractivity contribution >= 4 is 10.0 Å². The highest BCUT2D eigenvalue weighted by Crippen LogP contribution is 2.45. The van der Waals surface area contributed by atoms with Gasteiger partial charge in [0.1, 0.15) is 0 Å². The quantitative estimate of drug-likeness (QED) is 0.652. The van der Waals surface area contributed by atoms with Crippen molar-refractivity contribution in [2.24, 2.45) is 5.41 Å². The SMILES string of the molecule is CNS(=O)(=O)CC1(C)CC1. The molecule has 0 spiro atoms. The lowest BCUT2D eigenvalue weighted by molar-refractivity contribution is 0.560. The molecule has 0 aliphatic heterocycles. The molecule has 0 atom stereocenters. The van der Waals surface area contributed by atoms with Crippen LogP contribution in [0.3, 0.4) is 0 Å². The molecule has 0 aromatic heterocycles. The predicted molar refractivity (Wildman–Crippen MR) is 40.2 cm³/mol. The van der Waals surface area contributed by atoms with Crippen molar-refractivity contribution in [3.8, 4) is 0 Å². The maximum absolute atomic E-state index is 10.9. The molecule has 0 aromatic carbocycles. The molecule has 1 aliphatic carbocycles. The van der Waals surface area contributed by atoms with Crippen LogP contribution in [0.25, 0.3) is 0 Å². The molecule has 0 bridgehead atoms. The lowest BCUT2D eigenvalue weighted by Gasteiger charge is -2.06. The van der Waals surface area contributed by atoms with Crippen LogP contribution in [-0.2, 0) is 10.0 Å². The zero-order valence-electron chi connectivity index (χ0n) is 6.35. The first-order chi connectivity index (χ1) is 4.47. The highest BCUT2D eigenvalue weighted by molar-refractivity contribution is 7.89. The summed E-state index contributed by atoms with van der Waals surface area (Å²) < 4.78 is 24.2. The third-order valence-corrected chi connectivity index (χ3v) is 3.65. The van der Waals surface area contributed by atoms with Gasteiger partial charge in [0.25, 0.3) is 0 Å². The van der Waals surface area contributed by atoms with Crippen LogP contribution in [0.4, 0.5) is 0 Å². The fourth-order valence-corrected chi connectivity index (χ4v) is 2.24. The van der Waals surface area contributed by atoms with Gasteiger partial charge in [-0.1, -0.05) is 6.92 Å². The Morgan fingerprint density at radius 2 is 2.00 bits per heavy atom. The summed E-state index contributed by atoms with van der Waals surface area (Å²) in [6.45, 7) is 2.00. The molecule has 0 amide bonds. The number of hydrogen-bond donors (Lipinski definition) is 1. The second-order valence-corrected chi connectivity index (χ2v) is 5.20. The van der Waals surface area contributed by atoms with E-state index in [1.165, 1.54) is 7.05 Å². The number of nitrogens with one attached hydrogen (secondary N) is 1. The summed E-state index contributed by atoms with van der Waals surface area (Å²) in [6, 6.07) is 0. The molecule has 60 valence electrons. The molecule has 0 radical (unpaired) electrons. The summed E-state index contributed by atoms with van der Waals surface area (Å²) in [5, 5.41) is 0. The van der Waals surface area contributed by atoms with E-state index in [2.05, 4.69) is 4.72 Å². The Bertz CT molecular complexity index is 216. The van der Waals surface area contributed by atoms with Crippen molar-refractivity contribution in [3.63, 3.8) is 0 Å². The van der Waals surface area contributed by atoms with Gasteiger partial charge in [-0.3, -0.25) is 0 Å². The van der Waals surface area contributed by atoms with Gasteiger partial charge in [0, 0.05) is 0 Å². The van der Waals surface area contributed by atoms with Crippen molar-refractivity contribution in [1.82, 2.24) is 4.72 Å². The van der Waals surface area contributed by atoms with Crippen LogP contribution in [-0.4, -0.2) is 21.2 Å². The van der Waals surface area contributed by atoms with Gasteiger partial charge in [-0.15, -0.1) is 0 Å². The Hall–Kier alpha value is -0.0900. The summed E-state index contributed by atoms with van der Waals surface area (Å²) >= 11 is 0. The van der Waals surface area contributed by atoms with E-state index in [9.17, 15) is 8.42 Å².